The van der Waals surface area contributed by atoms with E-state index in [9.17, 15) is 4.79 Å². The first-order valence-electron chi connectivity index (χ1n) is 5.34. The minimum atomic E-state index is -0.0883. The second-order valence-corrected chi connectivity index (χ2v) is 3.80. The van der Waals surface area contributed by atoms with E-state index in [0.717, 1.165) is 24.0 Å². The lowest BCUT2D eigenvalue weighted by atomic mass is 9.90. The number of benzene rings is 1. The van der Waals surface area contributed by atoms with Crippen LogP contribution in [0.2, 0.25) is 0 Å². The molecule has 1 amide bonds. The lowest BCUT2D eigenvalue weighted by Gasteiger charge is -2.20. The van der Waals surface area contributed by atoms with Crippen molar-refractivity contribution in [1.29, 1.82) is 0 Å². The molecule has 0 bridgehead atoms. The van der Waals surface area contributed by atoms with Gasteiger partial charge in [0.1, 0.15) is 0 Å². The molecule has 0 atom stereocenters. The maximum absolute atomic E-state index is 12.0. The van der Waals surface area contributed by atoms with Gasteiger partial charge in [0, 0.05) is 12.6 Å². The van der Waals surface area contributed by atoms with Crippen LogP contribution in [0.1, 0.15) is 17.5 Å². The molecule has 0 unspecified atom stereocenters. The van der Waals surface area contributed by atoms with E-state index in [2.05, 4.69) is 6.07 Å². The van der Waals surface area contributed by atoms with Gasteiger partial charge in [-0.05, 0) is 24.0 Å². The molecule has 0 N–H and O–H groups in total. The summed E-state index contributed by atoms with van der Waals surface area (Å²) in [7, 11) is 3.12. The van der Waals surface area contributed by atoms with Crippen LogP contribution >= 0.6 is 0 Å². The number of hydrogen-bond donors (Lipinski definition) is 0. The number of aryl methyl sites for hydroxylation is 1. The van der Waals surface area contributed by atoms with Gasteiger partial charge in [-0.15, -0.1) is 0 Å². The molecule has 3 nitrogen and oxygen atoms in total. The monoisotopic (exact) mass is 217 g/mol. The summed E-state index contributed by atoms with van der Waals surface area (Å²) in [5.41, 5.74) is 3.01. The molecule has 0 radical (unpaired) electrons. The molecule has 1 aliphatic rings. The normalized spacial score (nSPS) is 14.0. The minimum absolute atomic E-state index is 0.0883. The van der Waals surface area contributed by atoms with Crippen LogP contribution in [-0.2, 0) is 16.1 Å². The number of allylic oxidation sites excluding steroid dienone is 1. The van der Waals surface area contributed by atoms with E-state index in [1.165, 1.54) is 17.7 Å². The number of likely N-dealkylation sites (N-methyl/N-ethyl adjacent to an activating group) is 1. The third-order valence-electron chi connectivity index (χ3n) is 2.86. The van der Waals surface area contributed by atoms with E-state index in [-0.39, 0.29) is 5.91 Å². The molecule has 3 heteroatoms. The molecule has 1 aromatic rings. The van der Waals surface area contributed by atoms with Crippen LogP contribution in [-0.4, -0.2) is 25.1 Å². The van der Waals surface area contributed by atoms with Crippen molar-refractivity contribution in [2.24, 2.45) is 0 Å². The molecule has 0 aliphatic heterocycles. The Labute approximate surface area is 95.3 Å². The lowest BCUT2D eigenvalue weighted by molar-refractivity contribution is -0.161. The van der Waals surface area contributed by atoms with E-state index in [1.54, 1.807) is 7.05 Å². The van der Waals surface area contributed by atoms with Gasteiger partial charge in [0.2, 0.25) is 0 Å². The Morgan fingerprint density at radius 2 is 2.12 bits per heavy atom. The maximum Gasteiger partial charge on any atom is 0.277 e. The van der Waals surface area contributed by atoms with Gasteiger partial charge in [-0.3, -0.25) is 9.63 Å². The van der Waals surface area contributed by atoms with Crippen LogP contribution in [0.4, 0.5) is 0 Å². The molecule has 0 fully saturated rings. The average Bonchev–Trinajstić information content (AvgIpc) is 2.36. The predicted molar refractivity (Wildman–Crippen MR) is 62.5 cm³/mol. The molecule has 0 heterocycles. The summed E-state index contributed by atoms with van der Waals surface area (Å²) in [6, 6.07) is 8.02. The summed E-state index contributed by atoms with van der Waals surface area (Å²) in [5, 5.41) is 1.26. The molecule has 0 aromatic heterocycles. The summed E-state index contributed by atoms with van der Waals surface area (Å²) in [6.45, 7) is 0. The highest BCUT2D eigenvalue weighted by Crippen LogP contribution is 2.27. The predicted octanol–water partition coefficient (Wildman–Crippen LogP) is 2.04. The van der Waals surface area contributed by atoms with E-state index in [4.69, 9.17) is 4.84 Å². The van der Waals surface area contributed by atoms with E-state index < -0.39 is 0 Å². The van der Waals surface area contributed by atoms with Gasteiger partial charge in [-0.2, -0.15) is 0 Å². The third-order valence-corrected chi connectivity index (χ3v) is 2.86. The number of rotatable bonds is 2. The van der Waals surface area contributed by atoms with Gasteiger partial charge in [-0.1, -0.05) is 30.3 Å². The van der Waals surface area contributed by atoms with Crippen LogP contribution in [0, 0.1) is 0 Å². The summed E-state index contributed by atoms with van der Waals surface area (Å²) in [5.74, 6) is -0.0883. The van der Waals surface area contributed by atoms with E-state index in [0.29, 0.717) is 0 Å². The first kappa shape index (κ1) is 10.9. The molecule has 0 saturated carbocycles. The zero-order valence-corrected chi connectivity index (χ0v) is 9.56. The SMILES string of the molecule is CON(C)C(=O)C1=CCCc2ccccc21. The van der Waals surface area contributed by atoms with Crippen molar-refractivity contribution in [3.05, 3.63) is 41.5 Å². The van der Waals surface area contributed by atoms with Gasteiger partial charge in [0.05, 0.1) is 7.11 Å². The van der Waals surface area contributed by atoms with Crippen molar-refractivity contribution in [3.63, 3.8) is 0 Å². The summed E-state index contributed by atoms with van der Waals surface area (Å²) in [4.78, 5) is 16.9. The number of fused-ring (bicyclic) bond motifs is 1. The van der Waals surface area contributed by atoms with E-state index >= 15 is 0 Å². The summed E-state index contributed by atoms with van der Waals surface area (Å²) >= 11 is 0. The zero-order valence-electron chi connectivity index (χ0n) is 9.56. The van der Waals surface area contributed by atoms with Crippen molar-refractivity contribution in [1.82, 2.24) is 5.06 Å². The number of carbonyl (C=O) groups excluding carboxylic acids is 1. The molecule has 0 spiro atoms. The van der Waals surface area contributed by atoms with Crippen molar-refractivity contribution < 1.29 is 9.63 Å². The average molecular weight is 217 g/mol. The standard InChI is InChI=1S/C13H15NO2/c1-14(16-2)13(15)12-9-5-7-10-6-3-4-8-11(10)12/h3-4,6,8-9H,5,7H2,1-2H3. The van der Waals surface area contributed by atoms with Gasteiger partial charge in [0.25, 0.3) is 5.91 Å². The fraction of sp³-hybridized carbons (Fsp3) is 0.308. The lowest BCUT2D eigenvalue weighted by Crippen LogP contribution is -2.27. The summed E-state index contributed by atoms with van der Waals surface area (Å²) < 4.78 is 0. The van der Waals surface area contributed by atoms with Crippen molar-refractivity contribution >= 4 is 11.5 Å². The minimum Gasteiger partial charge on any atom is -0.274 e. The number of hydroxylamine groups is 2. The van der Waals surface area contributed by atoms with Crippen LogP contribution in [0.3, 0.4) is 0 Å². The molecular weight excluding hydrogens is 202 g/mol. The largest absolute Gasteiger partial charge is 0.277 e. The molecule has 2 rings (SSSR count). The Hall–Kier alpha value is -1.61. The van der Waals surface area contributed by atoms with Crippen LogP contribution in [0.5, 0.6) is 0 Å². The van der Waals surface area contributed by atoms with E-state index in [1.807, 2.05) is 24.3 Å². The number of carbonyl (C=O) groups is 1. The van der Waals surface area contributed by atoms with Gasteiger partial charge < -0.3 is 0 Å². The van der Waals surface area contributed by atoms with Crippen LogP contribution in [0.25, 0.3) is 5.57 Å². The molecule has 1 aliphatic carbocycles. The Morgan fingerprint density at radius 3 is 2.88 bits per heavy atom. The van der Waals surface area contributed by atoms with Crippen LogP contribution in [0.15, 0.2) is 30.3 Å². The molecule has 1 aromatic carbocycles. The molecular formula is C13H15NO2. The quantitative estimate of drug-likeness (QED) is 0.709. The smallest absolute Gasteiger partial charge is 0.274 e. The topological polar surface area (TPSA) is 29.5 Å². The fourth-order valence-electron chi connectivity index (χ4n) is 1.94. The highest BCUT2D eigenvalue weighted by atomic mass is 16.7. The Kier molecular flexibility index (Phi) is 3.06. The Morgan fingerprint density at radius 1 is 1.38 bits per heavy atom. The van der Waals surface area contributed by atoms with Gasteiger partial charge >= 0.3 is 0 Å². The first-order chi connectivity index (χ1) is 7.74. The molecule has 84 valence electrons. The third kappa shape index (κ3) is 1.86. The fourth-order valence-corrected chi connectivity index (χ4v) is 1.94. The molecule has 16 heavy (non-hydrogen) atoms. The van der Waals surface area contributed by atoms with Gasteiger partial charge in [0.15, 0.2) is 0 Å². The zero-order chi connectivity index (χ0) is 11.5. The van der Waals surface area contributed by atoms with Crippen molar-refractivity contribution in [2.75, 3.05) is 14.2 Å². The number of amides is 1. The Balaban J connectivity index is 2.36. The van der Waals surface area contributed by atoms with Gasteiger partial charge in [-0.25, -0.2) is 5.06 Å². The van der Waals surface area contributed by atoms with Crippen molar-refractivity contribution in [2.45, 2.75) is 12.8 Å². The second kappa shape index (κ2) is 4.49. The highest BCUT2D eigenvalue weighted by Gasteiger charge is 2.20. The first-order valence-corrected chi connectivity index (χ1v) is 5.34. The Bertz CT molecular complexity index is 437. The summed E-state index contributed by atoms with van der Waals surface area (Å²) in [6.07, 6.45) is 3.90. The van der Waals surface area contributed by atoms with Crippen LogP contribution < -0.4 is 0 Å². The van der Waals surface area contributed by atoms with Crippen molar-refractivity contribution in [3.8, 4) is 0 Å². The highest BCUT2D eigenvalue weighted by molar-refractivity contribution is 6.19. The number of hydrogen-bond acceptors (Lipinski definition) is 2. The molecule has 0 saturated heterocycles. The maximum atomic E-state index is 12.0. The second-order valence-electron chi connectivity index (χ2n) is 3.80. The number of nitrogens with zero attached hydrogens (tertiary/aromatic N) is 1.